The Morgan fingerprint density at radius 1 is 1.00 bits per heavy atom. The highest BCUT2D eigenvalue weighted by Gasteiger charge is 2.53. The van der Waals surface area contributed by atoms with Crippen molar-refractivity contribution in [1.82, 2.24) is 4.90 Å². The van der Waals surface area contributed by atoms with Gasteiger partial charge in [0.15, 0.2) is 5.78 Å². The molecule has 6 nitrogen and oxygen atoms in total. The summed E-state index contributed by atoms with van der Waals surface area (Å²) in [6.07, 6.45) is 0.173. The number of aliphatic hydroxyl groups is 1. The maximum Gasteiger partial charge on any atom is 0.411 e. The summed E-state index contributed by atoms with van der Waals surface area (Å²) in [5, 5.41) is 10.2. The maximum atomic E-state index is 13.8. The molecule has 0 unspecified atom stereocenters. The number of likely N-dealkylation sites (tertiary alicyclic amines) is 1. The number of aliphatic hydroxyl groups excluding tert-OH is 1. The van der Waals surface area contributed by atoms with Gasteiger partial charge in [-0.2, -0.15) is 0 Å². The normalized spacial score (nSPS) is 19.4. The summed E-state index contributed by atoms with van der Waals surface area (Å²) < 4.78 is 25.1. The number of rotatable bonds is 8. The van der Waals surface area contributed by atoms with Gasteiger partial charge in [0.2, 0.25) is 0 Å². The highest BCUT2D eigenvalue weighted by atomic mass is 19.1. The Kier molecular flexibility index (Phi) is 7.46. The van der Waals surface area contributed by atoms with Crippen molar-refractivity contribution in [3.8, 4) is 5.75 Å². The highest BCUT2D eigenvalue weighted by Crippen LogP contribution is 2.44. The Labute approximate surface area is 203 Å². The number of nitrogens with zero attached hydrogens (tertiary/aromatic N) is 1. The standard InChI is InChI=1S/C28H28FNO5/c1-20(32)28(19-31)16-15-26(30(28)27(33)35-17-21-7-3-2-4-8-21)22-11-13-24(14-12-22)34-18-23-9-5-6-10-25(23)29/h2-14,26,31H,15-19H2,1H3/t26-,28-/m1/s1. The monoisotopic (exact) mass is 477 g/mol. The number of ether oxygens (including phenoxy) is 2. The van der Waals surface area contributed by atoms with Crippen LogP contribution in [0.1, 0.15) is 42.5 Å². The van der Waals surface area contributed by atoms with Gasteiger partial charge < -0.3 is 14.6 Å². The number of amides is 1. The first-order valence-corrected chi connectivity index (χ1v) is 11.5. The lowest BCUT2D eigenvalue weighted by Gasteiger charge is -2.37. The van der Waals surface area contributed by atoms with Gasteiger partial charge in [0.05, 0.1) is 12.6 Å². The molecule has 2 atom stereocenters. The second-order valence-electron chi connectivity index (χ2n) is 8.66. The van der Waals surface area contributed by atoms with Gasteiger partial charge in [0.25, 0.3) is 0 Å². The van der Waals surface area contributed by atoms with E-state index in [1.807, 2.05) is 42.5 Å². The molecule has 0 bridgehead atoms. The molecule has 0 spiro atoms. The Morgan fingerprint density at radius 3 is 2.34 bits per heavy atom. The highest BCUT2D eigenvalue weighted by molar-refractivity contribution is 5.91. The third kappa shape index (κ3) is 5.20. The fraction of sp³-hybridized carbons (Fsp3) is 0.286. The van der Waals surface area contributed by atoms with E-state index < -0.39 is 24.3 Å². The SMILES string of the molecule is CC(=O)[C@]1(CO)CC[C@H](c2ccc(OCc3ccccc3F)cc2)N1C(=O)OCc1ccccc1. The van der Waals surface area contributed by atoms with Crippen LogP contribution in [0.15, 0.2) is 78.9 Å². The molecule has 0 saturated carbocycles. The summed E-state index contributed by atoms with van der Waals surface area (Å²) in [6, 6.07) is 22.4. The second-order valence-corrected chi connectivity index (χ2v) is 8.66. The number of Topliss-reactive ketones (excluding diaryl/α,β-unsaturated/α-hetero) is 1. The van der Waals surface area contributed by atoms with Crippen molar-refractivity contribution >= 4 is 11.9 Å². The summed E-state index contributed by atoms with van der Waals surface area (Å²) in [5.41, 5.74) is 0.731. The summed E-state index contributed by atoms with van der Waals surface area (Å²) in [6.45, 7) is 1.05. The first-order valence-electron chi connectivity index (χ1n) is 11.5. The molecular weight excluding hydrogens is 449 g/mol. The average Bonchev–Trinajstić information content (AvgIpc) is 3.29. The molecule has 1 amide bonds. The zero-order chi connectivity index (χ0) is 24.8. The van der Waals surface area contributed by atoms with Gasteiger partial charge in [0.1, 0.15) is 30.3 Å². The number of ketones is 1. The molecule has 182 valence electrons. The molecular formula is C28H28FNO5. The fourth-order valence-electron chi connectivity index (χ4n) is 4.50. The number of hydrogen-bond donors (Lipinski definition) is 1. The molecule has 7 heteroatoms. The molecule has 1 fully saturated rings. The fourth-order valence-corrected chi connectivity index (χ4v) is 4.50. The van der Waals surface area contributed by atoms with Crippen LogP contribution in [0.3, 0.4) is 0 Å². The topological polar surface area (TPSA) is 76.1 Å². The second kappa shape index (κ2) is 10.7. The van der Waals surface area contributed by atoms with Crippen molar-refractivity contribution in [2.24, 2.45) is 0 Å². The van der Waals surface area contributed by atoms with Gasteiger partial charge in [-0.1, -0.05) is 60.7 Å². The molecule has 1 saturated heterocycles. The minimum absolute atomic E-state index is 0.0606. The van der Waals surface area contributed by atoms with Gasteiger partial charge in [-0.15, -0.1) is 0 Å². The lowest BCUT2D eigenvalue weighted by atomic mass is 9.93. The van der Waals surface area contributed by atoms with Crippen LogP contribution in [-0.4, -0.2) is 34.0 Å². The van der Waals surface area contributed by atoms with Gasteiger partial charge in [0, 0.05) is 5.56 Å². The van der Waals surface area contributed by atoms with Gasteiger partial charge >= 0.3 is 6.09 Å². The molecule has 3 aromatic rings. The van der Waals surface area contributed by atoms with E-state index in [4.69, 9.17) is 9.47 Å². The van der Waals surface area contributed by atoms with Gasteiger partial charge in [-0.25, -0.2) is 9.18 Å². The summed E-state index contributed by atoms with van der Waals surface area (Å²) in [4.78, 5) is 27.2. The molecule has 0 aliphatic carbocycles. The predicted molar refractivity (Wildman–Crippen MR) is 128 cm³/mol. The van der Waals surface area contributed by atoms with Crippen molar-refractivity contribution < 1.29 is 28.6 Å². The number of carbonyl (C=O) groups excluding carboxylic acids is 2. The summed E-state index contributed by atoms with van der Waals surface area (Å²) in [5.74, 6) is -0.0681. The van der Waals surface area contributed by atoms with Gasteiger partial charge in [-0.3, -0.25) is 9.69 Å². The molecule has 35 heavy (non-hydrogen) atoms. The summed E-state index contributed by atoms with van der Waals surface area (Å²) >= 11 is 0. The van der Waals surface area contributed by atoms with Crippen LogP contribution in [-0.2, 0) is 22.7 Å². The third-order valence-electron chi connectivity index (χ3n) is 6.54. The molecule has 0 radical (unpaired) electrons. The van der Waals surface area contributed by atoms with Crippen molar-refractivity contribution in [3.05, 3.63) is 101 Å². The lowest BCUT2D eigenvalue weighted by molar-refractivity contribution is -0.130. The van der Waals surface area contributed by atoms with Crippen LogP contribution in [0.4, 0.5) is 9.18 Å². The minimum atomic E-state index is -1.33. The summed E-state index contributed by atoms with van der Waals surface area (Å²) in [7, 11) is 0. The van der Waals surface area contributed by atoms with Gasteiger partial charge in [-0.05, 0) is 49.1 Å². The molecule has 1 heterocycles. The van der Waals surface area contributed by atoms with Crippen molar-refractivity contribution in [3.63, 3.8) is 0 Å². The number of benzene rings is 3. The van der Waals surface area contributed by atoms with E-state index in [0.29, 0.717) is 24.2 Å². The lowest BCUT2D eigenvalue weighted by Crippen LogP contribution is -2.55. The maximum absolute atomic E-state index is 13.8. The van der Waals surface area contributed by atoms with Crippen LogP contribution in [0, 0.1) is 5.82 Å². The van der Waals surface area contributed by atoms with E-state index in [1.165, 1.54) is 17.9 Å². The van der Waals surface area contributed by atoms with E-state index in [-0.39, 0.29) is 24.8 Å². The van der Waals surface area contributed by atoms with E-state index in [1.54, 1.807) is 30.3 Å². The van der Waals surface area contributed by atoms with E-state index >= 15 is 0 Å². The van der Waals surface area contributed by atoms with Crippen LogP contribution >= 0.6 is 0 Å². The molecule has 4 rings (SSSR count). The predicted octanol–water partition coefficient (Wildman–Crippen LogP) is 5.20. The van der Waals surface area contributed by atoms with Crippen LogP contribution in [0.2, 0.25) is 0 Å². The number of carbonyl (C=O) groups is 2. The largest absolute Gasteiger partial charge is 0.489 e. The Balaban J connectivity index is 1.51. The Bertz CT molecular complexity index is 1170. The molecule has 3 aromatic carbocycles. The molecule has 1 N–H and O–H groups in total. The first-order chi connectivity index (χ1) is 16.9. The van der Waals surface area contributed by atoms with Crippen LogP contribution < -0.4 is 4.74 Å². The molecule has 0 aromatic heterocycles. The minimum Gasteiger partial charge on any atom is -0.489 e. The zero-order valence-electron chi connectivity index (χ0n) is 19.5. The van der Waals surface area contributed by atoms with E-state index in [9.17, 15) is 19.1 Å². The number of hydrogen-bond acceptors (Lipinski definition) is 5. The van der Waals surface area contributed by atoms with Crippen molar-refractivity contribution in [2.45, 2.75) is 44.6 Å². The first kappa shape index (κ1) is 24.4. The Morgan fingerprint density at radius 2 is 1.69 bits per heavy atom. The average molecular weight is 478 g/mol. The van der Waals surface area contributed by atoms with E-state index in [2.05, 4.69) is 0 Å². The quantitative estimate of drug-likeness (QED) is 0.483. The zero-order valence-corrected chi connectivity index (χ0v) is 19.5. The van der Waals surface area contributed by atoms with Crippen LogP contribution in [0.5, 0.6) is 5.75 Å². The third-order valence-corrected chi connectivity index (χ3v) is 6.54. The number of halogens is 1. The smallest absolute Gasteiger partial charge is 0.411 e. The molecule has 1 aliphatic heterocycles. The molecule has 1 aliphatic rings. The van der Waals surface area contributed by atoms with Crippen molar-refractivity contribution in [1.29, 1.82) is 0 Å². The van der Waals surface area contributed by atoms with Crippen molar-refractivity contribution in [2.75, 3.05) is 6.61 Å². The Hall–Kier alpha value is -3.71. The van der Waals surface area contributed by atoms with E-state index in [0.717, 1.165) is 11.1 Å². The van der Waals surface area contributed by atoms with Crippen LogP contribution in [0.25, 0.3) is 0 Å².